The number of nitrogens with two attached hydrogens (primary N) is 1. The molecule has 26 heavy (non-hydrogen) atoms. The minimum atomic E-state index is -0.776. The number of halogens is 1. The Hall–Kier alpha value is -2.28. The van der Waals surface area contributed by atoms with E-state index in [0.717, 1.165) is 11.1 Å². The molecule has 0 spiro atoms. The van der Waals surface area contributed by atoms with E-state index in [-0.39, 0.29) is 12.5 Å². The van der Waals surface area contributed by atoms with Gasteiger partial charge in [-0.25, -0.2) is 0 Å². The molecule has 1 amide bonds. The fraction of sp³-hybridized carbons (Fsp3) is 0.316. The molecule has 0 saturated heterocycles. The molecule has 3 N–H and O–H groups in total. The molecule has 2 unspecified atom stereocenters. The van der Waals surface area contributed by atoms with Gasteiger partial charge in [-0.1, -0.05) is 35.9 Å². The van der Waals surface area contributed by atoms with Crippen LogP contribution < -0.4 is 20.5 Å². The molecule has 0 bridgehead atoms. The minimum Gasteiger partial charge on any atom is -0.486 e. The van der Waals surface area contributed by atoms with Crippen molar-refractivity contribution in [3.63, 3.8) is 0 Å². The van der Waals surface area contributed by atoms with Crippen LogP contribution in [-0.2, 0) is 9.53 Å². The summed E-state index contributed by atoms with van der Waals surface area (Å²) >= 11 is 6.37. The first-order valence-corrected chi connectivity index (χ1v) is 8.67. The fourth-order valence-electron chi connectivity index (χ4n) is 2.79. The van der Waals surface area contributed by atoms with E-state index in [1.165, 1.54) is 7.11 Å². The van der Waals surface area contributed by atoms with Crippen molar-refractivity contribution in [3.05, 3.63) is 58.6 Å². The van der Waals surface area contributed by atoms with E-state index >= 15 is 0 Å². The number of hydrogen-bond donors (Lipinski definition) is 2. The van der Waals surface area contributed by atoms with Gasteiger partial charge in [-0.15, -0.1) is 0 Å². The van der Waals surface area contributed by atoms with Crippen LogP contribution in [0.2, 0.25) is 5.02 Å². The van der Waals surface area contributed by atoms with Crippen LogP contribution in [0.5, 0.6) is 11.5 Å². The maximum Gasteiger partial charge on any atom is 0.240 e. The van der Waals surface area contributed by atoms with Gasteiger partial charge in [0.15, 0.2) is 11.5 Å². The normalized spacial score (nSPS) is 15.2. The molecule has 2 atom stereocenters. The van der Waals surface area contributed by atoms with Gasteiger partial charge in [0.25, 0.3) is 0 Å². The smallest absolute Gasteiger partial charge is 0.240 e. The Morgan fingerprint density at radius 2 is 1.96 bits per heavy atom. The Balaban J connectivity index is 1.95. The van der Waals surface area contributed by atoms with Crippen LogP contribution in [0, 0.1) is 0 Å². The molecule has 0 radical (unpaired) electrons. The van der Waals surface area contributed by atoms with Crippen LogP contribution in [0.1, 0.15) is 17.2 Å². The second kappa shape index (κ2) is 8.40. The Bertz CT molecular complexity index is 784. The first-order valence-electron chi connectivity index (χ1n) is 8.29. The zero-order chi connectivity index (χ0) is 18.5. The van der Waals surface area contributed by atoms with Gasteiger partial charge in [-0.05, 0) is 29.3 Å². The highest BCUT2D eigenvalue weighted by molar-refractivity contribution is 6.31. The molecule has 3 rings (SSSR count). The second-order valence-corrected chi connectivity index (χ2v) is 6.34. The van der Waals surface area contributed by atoms with E-state index in [1.54, 1.807) is 6.07 Å². The number of nitrogens with one attached hydrogen (secondary N) is 1. The van der Waals surface area contributed by atoms with Gasteiger partial charge in [0.05, 0.1) is 12.6 Å². The first kappa shape index (κ1) is 18.5. The van der Waals surface area contributed by atoms with Gasteiger partial charge >= 0.3 is 0 Å². The number of hydrogen-bond acceptors (Lipinski definition) is 5. The van der Waals surface area contributed by atoms with Crippen molar-refractivity contribution < 1.29 is 19.0 Å². The molecule has 1 aliphatic rings. The van der Waals surface area contributed by atoms with Crippen LogP contribution in [0.3, 0.4) is 0 Å². The molecule has 138 valence electrons. The number of rotatable bonds is 6. The number of methoxy groups -OCH3 is 1. The number of carbonyl (C=O) groups is 1. The zero-order valence-corrected chi connectivity index (χ0v) is 15.2. The average molecular weight is 377 g/mol. The lowest BCUT2D eigenvalue weighted by atomic mass is 9.97. The summed E-state index contributed by atoms with van der Waals surface area (Å²) in [4.78, 5) is 12.5. The minimum absolute atomic E-state index is 0.127. The highest BCUT2D eigenvalue weighted by Crippen LogP contribution is 2.36. The van der Waals surface area contributed by atoms with Crippen molar-refractivity contribution in [3.8, 4) is 11.5 Å². The zero-order valence-electron chi connectivity index (χ0n) is 14.4. The third kappa shape index (κ3) is 4.09. The number of carbonyl (C=O) groups excluding carboxylic acids is 1. The third-order valence-electron chi connectivity index (χ3n) is 4.09. The maximum atomic E-state index is 12.5. The lowest BCUT2D eigenvalue weighted by Crippen LogP contribution is -2.45. The van der Waals surface area contributed by atoms with Crippen molar-refractivity contribution >= 4 is 17.5 Å². The van der Waals surface area contributed by atoms with E-state index in [1.807, 2.05) is 36.4 Å². The molecule has 7 heteroatoms. The van der Waals surface area contributed by atoms with Crippen LogP contribution in [0.15, 0.2) is 42.5 Å². The largest absolute Gasteiger partial charge is 0.486 e. The third-order valence-corrected chi connectivity index (χ3v) is 4.43. The van der Waals surface area contributed by atoms with Crippen LogP contribution in [0.25, 0.3) is 0 Å². The molecule has 0 fully saturated rings. The quantitative estimate of drug-likeness (QED) is 0.808. The summed E-state index contributed by atoms with van der Waals surface area (Å²) in [5.41, 5.74) is 7.45. The Kier molecular flexibility index (Phi) is 5.98. The lowest BCUT2D eigenvalue weighted by molar-refractivity contribution is -0.123. The summed E-state index contributed by atoms with van der Waals surface area (Å²) in [6.07, 6.45) is 0. The number of amides is 1. The van der Waals surface area contributed by atoms with Crippen molar-refractivity contribution in [2.45, 2.75) is 12.1 Å². The fourth-order valence-corrected chi connectivity index (χ4v) is 3.04. The Morgan fingerprint density at radius 3 is 2.69 bits per heavy atom. The topological polar surface area (TPSA) is 82.8 Å². The molecule has 0 aliphatic carbocycles. The van der Waals surface area contributed by atoms with Gasteiger partial charge < -0.3 is 25.3 Å². The van der Waals surface area contributed by atoms with Gasteiger partial charge in [-0.3, -0.25) is 4.79 Å². The number of fused-ring (bicyclic) bond motifs is 1. The maximum absolute atomic E-state index is 12.5. The van der Waals surface area contributed by atoms with Crippen molar-refractivity contribution in [2.24, 2.45) is 5.73 Å². The van der Waals surface area contributed by atoms with Crippen molar-refractivity contribution in [2.75, 3.05) is 26.9 Å². The summed E-state index contributed by atoms with van der Waals surface area (Å²) in [6, 6.07) is 11.7. The highest BCUT2D eigenvalue weighted by atomic mass is 35.5. The number of ether oxygens (including phenoxy) is 3. The molecule has 2 aromatic carbocycles. The summed E-state index contributed by atoms with van der Waals surface area (Å²) in [5.74, 6) is 0.994. The van der Waals surface area contributed by atoms with Gasteiger partial charge in [-0.2, -0.15) is 0 Å². The van der Waals surface area contributed by atoms with Gasteiger partial charge in [0.2, 0.25) is 5.91 Å². The van der Waals surface area contributed by atoms with Gasteiger partial charge in [0.1, 0.15) is 19.3 Å². The number of benzene rings is 2. The molecule has 1 aliphatic heterocycles. The first-order chi connectivity index (χ1) is 12.6. The van der Waals surface area contributed by atoms with Crippen molar-refractivity contribution in [1.29, 1.82) is 0 Å². The molecular formula is C19H21ClN2O4. The molecule has 0 saturated carbocycles. The summed E-state index contributed by atoms with van der Waals surface area (Å²) in [7, 11) is 1.50. The van der Waals surface area contributed by atoms with Crippen molar-refractivity contribution in [1.82, 2.24) is 5.32 Å². The second-order valence-electron chi connectivity index (χ2n) is 5.93. The van der Waals surface area contributed by atoms with Gasteiger partial charge in [0, 0.05) is 12.1 Å². The molecule has 0 aromatic heterocycles. The molecule has 6 nitrogen and oxygen atoms in total. The summed E-state index contributed by atoms with van der Waals surface area (Å²) in [5, 5.41) is 3.51. The lowest BCUT2D eigenvalue weighted by Gasteiger charge is -2.25. The summed E-state index contributed by atoms with van der Waals surface area (Å²) in [6.45, 7) is 1.13. The summed E-state index contributed by atoms with van der Waals surface area (Å²) < 4.78 is 16.2. The van der Waals surface area contributed by atoms with Crippen LogP contribution >= 0.6 is 11.6 Å². The monoisotopic (exact) mass is 376 g/mol. The van der Waals surface area contributed by atoms with E-state index in [2.05, 4.69) is 5.32 Å². The SMILES string of the molecule is COCC(N)C(=O)NC(c1ccc2c(c1)OCCO2)c1ccccc1Cl. The standard InChI is InChI=1S/C19H21ClN2O4/c1-24-11-15(21)19(23)22-18(13-4-2-3-5-14(13)20)12-6-7-16-17(10-12)26-9-8-25-16/h2-7,10,15,18H,8-9,11,21H2,1H3,(H,22,23). The highest BCUT2D eigenvalue weighted by Gasteiger charge is 2.24. The van der Waals surface area contributed by atoms with E-state index in [0.29, 0.717) is 29.7 Å². The Labute approximate surface area is 157 Å². The molecular weight excluding hydrogens is 356 g/mol. The predicted octanol–water partition coefficient (Wildman–Crippen LogP) is 2.29. The van der Waals surface area contributed by atoms with E-state index < -0.39 is 12.1 Å². The van der Waals surface area contributed by atoms with E-state index in [4.69, 9.17) is 31.5 Å². The Morgan fingerprint density at radius 1 is 1.23 bits per heavy atom. The van der Waals surface area contributed by atoms with E-state index in [9.17, 15) is 4.79 Å². The average Bonchev–Trinajstić information content (AvgIpc) is 2.66. The molecule has 2 aromatic rings. The molecule has 1 heterocycles. The van der Waals surface area contributed by atoms with Crippen LogP contribution in [0.4, 0.5) is 0 Å². The van der Waals surface area contributed by atoms with Crippen LogP contribution in [-0.4, -0.2) is 38.9 Å². The predicted molar refractivity (Wildman–Crippen MR) is 98.7 cm³/mol.